The number of rotatable bonds is 5. The SMILES string of the molecule is CCCCC1CCC(C2=CCC(C3CCC(C)CC3)C=C2)CC1. The molecule has 0 aromatic carbocycles. The maximum absolute atomic E-state index is 2.62. The van der Waals surface area contributed by atoms with Crippen molar-refractivity contribution in [1.29, 1.82) is 0 Å². The monoisotopic (exact) mass is 314 g/mol. The summed E-state index contributed by atoms with van der Waals surface area (Å²) in [6, 6.07) is 0. The molecule has 0 aromatic heterocycles. The lowest BCUT2D eigenvalue weighted by Crippen LogP contribution is -2.21. The fourth-order valence-electron chi connectivity index (χ4n) is 5.30. The Balaban J connectivity index is 1.44. The fraction of sp³-hybridized carbons (Fsp3) is 0.826. The van der Waals surface area contributed by atoms with E-state index >= 15 is 0 Å². The first-order valence-corrected chi connectivity index (χ1v) is 10.6. The molecule has 0 radical (unpaired) electrons. The first kappa shape index (κ1) is 17.3. The van der Waals surface area contributed by atoms with Crippen LogP contribution in [0.1, 0.15) is 90.9 Å². The second-order valence-electron chi connectivity index (χ2n) is 8.84. The highest BCUT2D eigenvalue weighted by Gasteiger charge is 2.27. The Labute approximate surface area is 144 Å². The summed E-state index contributed by atoms with van der Waals surface area (Å²) in [6.45, 7) is 4.76. The van der Waals surface area contributed by atoms with Gasteiger partial charge in [-0.25, -0.2) is 0 Å². The van der Waals surface area contributed by atoms with Crippen LogP contribution in [0.25, 0.3) is 0 Å². The third kappa shape index (κ3) is 4.74. The molecule has 2 fully saturated rings. The first-order chi connectivity index (χ1) is 11.3. The Morgan fingerprint density at radius 1 is 0.957 bits per heavy atom. The topological polar surface area (TPSA) is 0 Å². The second-order valence-corrected chi connectivity index (χ2v) is 8.84. The van der Waals surface area contributed by atoms with E-state index in [2.05, 4.69) is 32.1 Å². The molecule has 130 valence electrons. The van der Waals surface area contributed by atoms with Gasteiger partial charge in [0.25, 0.3) is 0 Å². The molecule has 0 N–H and O–H groups in total. The number of hydrogen-bond acceptors (Lipinski definition) is 0. The molecule has 1 unspecified atom stereocenters. The van der Waals surface area contributed by atoms with E-state index < -0.39 is 0 Å². The Hall–Kier alpha value is -0.520. The van der Waals surface area contributed by atoms with E-state index in [9.17, 15) is 0 Å². The van der Waals surface area contributed by atoms with Crippen molar-refractivity contribution in [2.24, 2.45) is 29.6 Å². The molecule has 0 heteroatoms. The van der Waals surface area contributed by atoms with Crippen LogP contribution >= 0.6 is 0 Å². The van der Waals surface area contributed by atoms with E-state index in [-0.39, 0.29) is 0 Å². The van der Waals surface area contributed by atoms with Gasteiger partial charge < -0.3 is 0 Å². The highest BCUT2D eigenvalue weighted by Crippen LogP contribution is 2.40. The summed E-state index contributed by atoms with van der Waals surface area (Å²) >= 11 is 0. The van der Waals surface area contributed by atoms with E-state index in [4.69, 9.17) is 0 Å². The maximum Gasteiger partial charge on any atom is -0.0165 e. The van der Waals surface area contributed by atoms with E-state index in [1.54, 1.807) is 5.57 Å². The van der Waals surface area contributed by atoms with Gasteiger partial charge in [-0.1, -0.05) is 64.2 Å². The molecule has 0 aliphatic heterocycles. The molecule has 0 spiro atoms. The molecule has 3 aliphatic carbocycles. The van der Waals surface area contributed by atoms with Crippen LogP contribution in [0.4, 0.5) is 0 Å². The van der Waals surface area contributed by atoms with Gasteiger partial charge in [-0.15, -0.1) is 0 Å². The molecule has 0 heterocycles. The lowest BCUT2D eigenvalue weighted by atomic mass is 9.71. The standard InChI is InChI=1S/C23H38/c1-3-4-5-19-8-12-21(13-9-19)23-16-14-22(15-17-23)20-10-6-18(2)7-11-20/h14,16-22H,3-13,15H2,1-2H3. The first-order valence-electron chi connectivity index (χ1n) is 10.6. The summed E-state index contributed by atoms with van der Waals surface area (Å²) in [6.07, 6.45) is 25.1. The van der Waals surface area contributed by atoms with Crippen LogP contribution in [-0.2, 0) is 0 Å². The van der Waals surface area contributed by atoms with Gasteiger partial charge in [0.2, 0.25) is 0 Å². The third-order valence-electron chi connectivity index (χ3n) is 7.11. The van der Waals surface area contributed by atoms with Crippen molar-refractivity contribution in [2.45, 2.75) is 90.9 Å². The lowest BCUT2D eigenvalue weighted by molar-refractivity contribution is 0.238. The van der Waals surface area contributed by atoms with Crippen LogP contribution < -0.4 is 0 Å². The summed E-state index contributed by atoms with van der Waals surface area (Å²) in [4.78, 5) is 0. The van der Waals surface area contributed by atoms with Crippen molar-refractivity contribution >= 4 is 0 Å². The zero-order chi connectivity index (χ0) is 16.1. The number of hydrogen-bond donors (Lipinski definition) is 0. The molecule has 0 saturated heterocycles. The summed E-state index contributed by atoms with van der Waals surface area (Å²) < 4.78 is 0. The summed E-state index contributed by atoms with van der Waals surface area (Å²) in [5.41, 5.74) is 1.69. The Morgan fingerprint density at radius 2 is 1.70 bits per heavy atom. The van der Waals surface area contributed by atoms with Crippen LogP contribution in [0.15, 0.2) is 23.8 Å². The van der Waals surface area contributed by atoms with Crippen molar-refractivity contribution in [2.75, 3.05) is 0 Å². The molecule has 0 aromatic rings. The second kappa shape index (κ2) is 8.54. The highest BCUT2D eigenvalue weighted by molar-refractivity contribution is 5.27. The average Bonchev–Trinajstić information content (AvgIpc) is 2.61. The van der Waals surface area contributed by atoms with Crippen molar-refractivity contribution in [1.82, 2.24) is 0 Å². The molecular formula is C23H38. The van der Waals surface area contributed by atoms with Crippen molar-refractivity contribution in [3.63, 3.8) is 0 Å². The summed E-state index contributed by atoms with van der Waals surface area (Å²) in [5, 5.41) is 0. The Bertz CT molecular complexity index is 400. The predicted octanol–water partition coefficient (Wildman–Crippen LogP) is 7.31. The van der Waals surface area contributed by atoms with E-state index in [0.717, 1.165) is 29.6 Å². The number of unbranched alkanes of at least 4 members (excludes halogenated alkanes) is 1. The minimum absolute atomic E-state index is 0.854. The molecular weight excluding hydrogens is 276 g/mol. The molecule has 1 atom stereocenters. The van der Waals surface area contributed by atoms with Gasteiger partial charge in [0.05, 0.1) is 0 Å². The zero-order valence-corrected chi connectivity index (χ0v) is 15.6. The fourth-order valence-corrected chi connectivity index (χ4v) is 5.30. The lowest BCUT2D eigenvalue weighted by Gasteiger charge is -2.34. The largest absolute Gasteiger partial charge is 0.0806 e. The molecule has 2 saturated carbocycles. The highest BCUT2D eigenvalue weighted by atomic mass is 14.3. The Kier molecular flexibility index (Phi) is 6.43. The van der Waals surface area contributed by atoms with E-state index in [0.29, 0.717) is 0 Å². The molecule has 0 nitrogen and oxygen atoms in total. The normalized spacial score (nSPS) is 38.3. The van der Waals surface area contributed by atoms with Gasteiger partial charge in [-0.05, 0) is 80.1 Å². The third-order valence-corrected chi connectivity index (χ3v) is 7.11. The van der Waals surface area contributed by atoms with Gasteiger partial charge in [-0.2, -0.15) is 0 Å². The van der Waals surface area contributed by atoms with Gasteiger partial charge in [0.15, 0.2) is 0 Å². The van der Waals surface area contributed by atoms with Crippen LogP contribution in [0.5, 0.6) is 0 Å². The molecule has 0 bridgehead atoms. The molecule has 3 aliphatic rings. The van der Waals surface area contributed by atoms with E-state index in [1.807, 2.05) is 0 Å². The van der Waals surface area contributed by atoms with E-state index in [1.165, 1.54) is 77.0 Å². The average molecular weight is 315 g/mol. The Morgan fingerprint density at radius 3 is 2.30 bits per heavy atom. The molecule has 0 amide bonds. The van der Waals surface area contributed by atoms with Crippen molar-refractivity contribution in [3.8, 4) is 0 Å². The van der Waals surface area contributed by atoms with Gasteiger partial charge >= 0.3 is 0 Å². The van der Waals surface area contributed by atoms with Gasteiger partial charge in [0.1, 0.15) is 0 Å². The van der Waals surface area contributed by atoms with Crippen LogP contribution in [-0.4, -0.2) is 0 Å². The smallest absolute Gasteiger partial charge is 0.0165 e. The van der Waals surface area contributed by atoms with Gasteiger partial charge in [-0.3, -0.25) is 0 Å². The molecule has 3 rings (SSSR count). The maximum atomic E-state index is 2.62. The van der Waals surface area contributed by atoms with Crippen molar-refractivity contribution in [3.05, 3.63) is 23.8 Å². The summed E-state index contributed by atoms with van der Waals surface area (Å²) in [5.74, 6) is 4.73. The quantitative estimate of drug-likeness (QED) is 0.499. The van der Waals surface area contributed by atoms with Crippen LogP contribution in [0, 0.1) is 29.6 Å². The number of allylic oxidation sites excluding steroid dienone is 4. The minimum Gasteiger partial charge on any atom is -0.0806 e. The van der Waals surface area contributed by atoms with Gasteiger partial charge in [0, 0.05) is 0 Å². The van der Waals surface area contributed by atoms with Crippen LogP contribution in [0.3, 0.4) is 0 Å². The molecule has 23 heavy (non-hydrogen) atoms. The minimum atomic E-state index is 0.854. The zero-order valence-electron chi connectivity index (χ0n) is 15.6. The predicted molar refractivity (Wildman–Crippen MR) is 101 cm³/mol. The summed E-state index contributed by atoms with van der Waals surface area (Å²) in [7, 11) is 0. The van der Waals surface area contributed by atoms with Crippen LogP contribution in [0.2, 0.25) is 0 Å². The van der Waals surface area contributed by atoms with Crippen molar-refractivity contribution < 1.29 is 0 Å².